The fourth-order valence-corrected chi connectivity index (χ4v) is 2.87. The summed E-state index contributed by atoms with van der Waals surface area (Å²) in [5.74, 6) is 0.286. The molecule has 0 radical (unpaired) electrons. The number of rotatable bonds is 7. The number of aromatic nitrogens is 1. The summed E-state index contributed by atoms with van der Waals surface area (Å²) in [6, 6.07) is 5.74. The topological polar surface area (TPSA) is 57.2 Å². The fourth-order valence-electron chi connectivity index (χ4n) is 2.14. The number of phenols is 1. The first-order valence-electron chi connectivity index (χ1n) is 7.33. The number of phenolic OH excluding ortho intramolecular Hbond substituents is 1. The molecule has 1 atom stereocenters. The van der Waals surface area contributed by atoms with Crippen LogP contribution in [0, 0.1) is 6.92 Å². The van der Waals surface area contributed by atoms with E-state index in [9.17, 15) is 5.11 Å². The second-order valence-corrected chi connectivity index (χ2v) is 6.19. The van der Waals surface area contributed by atoms with Crippen LogP contribution in [0.2, 0.25) is 0 Å². The Kier molecular flexibility index (Phi) is 5.59. The van der Waals surface area contributed by atoms with Crippen LogP contribution in [-0.2, 0) is 6.42 Å². The van der Waals surface area contributed by atoms with Gasteiger partial charge < -0.3 is 15.7 Å². The van der Waals surface area contributed by atoms with Crippen LogP contribution in [0.25, 0.3) is 0 Å². The number of thiazole rings is 1. The summed E-state index contributed by atoms with van der Waals surface area (Å²) in [5.41, 5.74) is 3.09. The van der Waals surface area contributed by atoms with Crippen molar-refractivity contribution in [3.8, 4) is 5.75 Å². The molecule has 0 fully saturated rings. The van der Waals surface area contributed by atoms with Gasteiger partial charge >= 0.3 is 0 Å². The van der Waals surface area contributed by atoms with Gasteiger partial charge in [-0.25, -0.2) is 4.98 Å². The lowest BCUT2D eigenvalue weighted by Crippen LogP contribution is -2.28. The second-order valence-electron chi connectivity index (χ2n) is 5.33. The third-order valence-electron chi connectivity index (χ3n) is 3.26. The molecule has 0 aliphatic rings. The lowest BCUT2D eigenvalue weighted by atomic mass is 10.2. The summed E-state index contributed by atoms with van der Waals surface area (Å²) < 4.78 is 0. The molecule has 114 valence electrons. The minimum Gasteiger partial charge on any atom is -0.508 e. The van der Waals surface area contributed by atoms with E-state index in [2.05, 4.69) is 34.8 Å². The summed E-state index contributed by atoms with van der Waals surface area (Å²) in [4.78, 5) is 4.62. The average Bonchev–Trinajstić information content (AvgIpc) is 2.87. The molecule has 1 aromatic carbocycles. The third kappa shape index (κ3) is 4.72. The summed E-state index contributed by atoms with van der Waals surface area (Å²) in [6.45, 7) is 7.37. The lowest BCUT2D eigenvalue weighted by molar-refractivity contribution is 0.475. The highest BCUT2D eigenvalue weighted by atomic mass is 32.1. The Morgan fingerprint density at radius 1 is 1.38 bits per heavy atom. The lowest BCUT2D eigenvalue weighted by Gasteiger charge is -2.11. The SMILES string of the molecule is CCCNC(C)Cc1csc(Nc2ccc(O)cc2C)n1. The number of anilines is 2. The van der Waals surface area contributed by atoms with Crippen LogP contribution in [0.5, 0.6) is 5.75 Å². The molecule has 1 aromatic heterocycles. The molecule has 21 heavy (non-hydrogen) atoms. The molecule has 0 bridgehead atoms. The number of nitrogens with zero attached hydrogens (tertiary/aromatic N) is 1. The Morgan fingerprint density at radius 3 is 2.90 bits per heavy atom. The van der Waals surface area contributed by atoms with Gasteiger partial charge in [-0.3, -0.25) is 0 Å². The van der Waals surface area contributed by atoms with Crippen molar-refractivity contribution in [1.82, 2.24) is 10.3 Å². The van der Waals surface area contributed by atoms with E-state index in [1.807, 2.05) is 13.0 Å². The number of aryl methyl sites for hydroxylation is 1. The maximum atomic E-state index is 9.43. The normalized spacial score (nSPS) is 12.3. The summed E-state index contributed by atoms with van der Waals surface area (Å²) in [5, 5.41) is 19.2. The van der Waals surface area contributed by atoms with Gasteiger partial charge in [0.25, 0.3) is 0 Å². The highest BCUT2D eigenvalue weighted by Gasteiger charge is 2.08. The van der Waals surface area contributed by atoms with Crippen molar-refractivity contribution in [3.63, 3.8) is 0 Å². The number of benzene rings is 1. The van der Waals surface area contributed by atoms with E-state index in [1.165, 1.54) is 0 Å². The largest absolute Gasteiger partial charge is 0.508 e. The Morgan fingerprint density at radius 2 is 2.19 bits per heavy atom. The third-order valence-corrected chi connectivity index (χ3v) is 4.07. The second kappa shape index (κ2) is 7.43. The molecular weight excluding hydrogens is 282 g/mol. The van der Waals surface area contributed by atoms with E-state index in [-0.39, 0.29) is 5.75 Å². The van der Waals surface area contributed by atoms with Gasteiger partial charge in [0.2, 0.25) is 0 Å². The predicted molar refractivity (Wildman–Crippen MR) is 89.7 cm³/mol. The fraction of sp³-hybridized carbons (Fsp3) is 0.438. The molecule has 5 heteroatoms. The molecule has 1 unspecified atom stereocenters. The summed E-state index contributed by atoms with van der Waals surface area (Å²) in [7, 11) is 0. The van der Waals surface area contributed by atoms with Crippen LogP contribution in [0.15, 0.2) is 23.6 Å². The van der Waals surface area contributed by atoms with Crippen molar-refractivity contribution in [1.29, 1.82) is 0 Å². The van der Waals surface area contributed by atoms with Gasteiger partial charge in [0.1, 0.15) is 5.75 Å². The summed E-state index contributed by atoms with van der Waals surface area (Å²) >= 11 is 1.61. The average molecular weight is 305 g/mol. The highest BCUT2D eigenvalue weighted by Crippen LogP contribution is 2.26. The van der Waals surface area contributed by atoms with Crippen LogP contribution >= 0.6 is 11.3 Å². The van der Waals surface area contributed by atoms with Crippen molar-refractivity contribution < 1.29 is 5.11 Å². The molecule has 2 rings (SSSR count). The Hall–Kier alpha value is -1.59. The molecule has 4 nitrogen and oxygen atoms in total. The van der Waals surface area contributed by atoms with Gasteiger partial charge in [-0.1, -0.05) is 6.92 Å². The zero-order valence-corrected chi connectivity index (χ0v) is 13.6. The van der Waals surface area contributed by atoms with Crippen LogP contribution in [0.3, 0.4) is 0 Å². The van der Waals surface area contributed by atoms with Gasteiger partial charge in [-0.2, -0.15) is 0 Å². The number of hydrogen-bond acceptors (Lipinski definition) is 5. The first kappa shape index (κ1) is 15.8. The monoisotopic (exact) mass is 305 g/mol. The first-order chi connectivity index (χ1) is 10.1. The van der Waals surface area contributed by atoms with Crippen LogP contribution in [0.4, 0.5) is 10.8 Å². The molecular formula is C16H23N3OS. The Labute approximate surface area is 130 Å². The van der Waals surface area contributed by atoms with Gasteiger partial charge in [0.05, 0.1) is 5.69 Å². The van der Waals surface area contributed by atoms with Crippen molar-refractivity contribution in [2.24, 2.45) is 0 Å². The van der Waals surface area contributed by atoms with E-state index in [0.717, 1.165) is 41.5 Å². The smallest absolute Gasteiger partial charge is 0.187 e. The number of hydrogen-bond donors (Lipinski definition) is 3. The van der Waals surface area contributed by atoms with Crippen LogP contribution in [-0.4, -0.2) is 22.7 Å². The molecule has 0 saturated heterocycles. The van der Waals surface area contributed by atoms with Gasteiger partial charge in [-0.05, 0) is 50.6 Å². The van der Waals surface area contributed by atoms with Crippen molar-refractivity contribution >= 4 is 22.2 Å². The van der Waals surface area contributed by atoms with E-state index in [0.29, 0.717) is 6.04 Å². The maximum Gasteiger partial charge on any atom is 0.187 e. The molecule has 0 aliphatic carbocycles. The molecule has 0 saturated carbocycles. The zero-order valence-electron chi connectivity index (χ0n) is 12.8. The predicted octanol–water partition coefficient (Wildman–Crippen LogP) is 3.83. The quantitative estimate of drug-likeness (QED) is 0.680. The first-order valence-corrected chi connectivity index (χ1v) is 8.21. The van der Waals surface area contributed by atoms with Gasteiger partial charge in [0.15, 0.2) is 5.13 Å². The minimum absolute atomic E-state index is 0.286. The highest BCUT2D eigenvalue weighted by molar-refractivity contribution is 7.13. The number of nitrogens with one attached hydrogen (secondary N) is 2. The number of aromatic hydroxyl groups is 1. The molecule has 0 spiro atoms. The molecule has 3 N–H and O–H groups in total. The van der Waals surface area contributed by atoms with Crippen molar-refractivity contribution in [2.45, 2.75) is 39.7 Å². The molecule has 1 heterocycles. The van der Waals surface area contributed by atoms with Crippen LogP contribution in [0.1, 0.15) is 31.5 Å². The van der Waals surface area contributed by atoms with Crippen molar-refractivity contribution in [2.75, 3.05) is 11.9 Å². The standard InChI is InChI=1S/C16H23N3OS/c1-4-7-17-12(3)9-13-10-21-16(18-13)19-15-6-5-14(20)8-11(15)2/h5-6,8,10,12,17,20H,4,7,9H2,1-3H3,(H,18,19). The van der Waals surface area contributed by atoms with Crippen molar-refractivity contribution in [3.05, 3.63) is 34.8 Å². The van der Waals surface area contributed by atoms with E-state index >= 15 is 0 Å². The Bertz CT molecular complexity index is 583. The molecule has 2 aromatic rings. The molecule has 0 aliphatic heterocycles. The Balaban J connectivity index is 1.96. The van der Waals surface area contributed by atoms with E-state index < -0.39 is 0 Å². The van der Waals surface area contributed by atoms with E-state index in [4.69, 9.17) is 0 Å². The zero-order chi connectivity index (χ0) is 15.2. The van der Waals surface area contributed by atoms with Crippen LogP contribution < -0.4 is 10.6 Å². The minimum atomic E-state index is 0.286. The maximum absolute atomic E-state index is 9.43. The summed E-state index contributed by atoms with van der Waals surface area (Å²) in [6.07, 6.45) is 2.08. The van der Waals surface area contributed by atoms with E-state index in [1.54, 1.807) is 23.5 Å². The van der Waals surface area contributed by atoms with Gasteiger partial charge in [0, 0.05) is 23.5 Å². The molecule has 0 amide bonds. The van der Waals surface area contributed by atoms with Gasteiger partial charge in [-0.15, -0.1) is 11.3 Å².